The van der Waals surface area contributed by atoms with Gasteiger partial charge < -0.3 is 5.32 Å². The molecule has 0 saturated carbocycles. The predicted molar refractivity (Wildman–Crippen MR) is 66.6 cm³/mol. The number of anilines is 1. The molecule has 0 atom stereocenters. The summed E-state index contributed by atoms with van der Waals surface area (Å²) in [5, 5.41) is 3.07. The molecule has 0 bridgehead atoms. The maximum atomic E-state index is 4.38. The van der Waals surface area contributed by atoms with Crippen molar-refractivity contribution in [2.75, 3.05) is 12.4 Å². The number of nitrogens with zero attached hydrogens (tertiary/aromatic N) is 1. The van der Waals surface area contributed by atoms with Gasteiger partial charge in [0, 0.05) is 28.6 Å². The predicted octanol–water partition coefficient (Wildman–Crippen LogP) is 3.47. The van der Waals surface area contributed by atoms with Crippen molar-refractivity contribution in [1.29, 1.82) is 0 Å². The molecule has 0 radical (unpaired) electrons. The van der Waals surface area contributed by atoms with E-state index in [1.54, 1.807) is 11.3 Å². The lowest BCUT2D eigenvalue weighted by Gasteiger charge is -2.05. The van der Waals surface area contributed by atoms with Crippen LogP contribution in [0.1, 0.15) is 10.4 Å². The number of pyridine rings is 1. The molecule has 0 saturated heterocycles. The number of aromatic nitrogens is 1. The zero-order chi connectivity index (χ0) is 10.8. The Hall–Kier alpha value is -1.35. The van der Waals surface area contributed by atoms with Gasteiger partial charge in [0.05, 0.1) is 0 Å². The molecule has 2 rings (SSSR count). The summed E-state index contributed by atoms with van der Waals surface area (Å²) in [5.74, 6) is 0.951. The van der Waals surface area contributed by atoms with Gasteiger partial charge in [-0.1, -0.05) is 0 Å². The van der Waals surface area contributed by atoms with Gasteiger partial charge in [0.15, 0.2) is 0 Å². The first kappa shape index (κ1) is 10.2. The van der Waals surface area contributed by atoms with Crippen LogP contribution in [0.25, 0.3) is 10.4 Å². The van der Waals surface area contributed by atoms with E-state index in [1.165, 1.54) is 20.9 Å². The molecule has 0 unspecified atom stereocenters. The fourth-order valence-electron chi connectivity index (χ4n) is 1.56. The third-order valence-corrected chi connectivity index (χ3v) is 3.39. The lowest BCUT2D eigenvalue weighted by atomic mass is 10.2. The van der Waals surface area contributed by atoms with Gasteiger partial charge in [0.1, 0.15) is 5.82 Å². The van der Waals surface area contributed by atoms with Crippen LogP contribution in [0.2, 0.25) is 0 Å². The average Bonchev–Trinajstić information content (AvgIpc) is 2.65. The summed E-state index contributed by atoms with van der Waals surface area (Å²) in [4.78, 5) is 6.99. The van der Waals surface area contributed by atoms with Gasteiger partial charge in [-0.25, -0.2) is 4.98 Å². The van der Waals surface area contributed by atoms with Crippen LogP contribution in [0.15, 0.2) is 24.4 Å². The van der Waals surface area contributed by atoms with Gasteiger partial charge in [-0.2, -0.15) is 0 Å². The normalized spacial score (nSPS) is 10.3. The summed E-state index contributed by atoms with van der Waals surface area (Å²) in [5.41, 5.74) is 2.38. The van der Waals surface area contributed by atoms with E-state index in [4.69, 9.17) is 0 Å². The molecule has 0 aliphatic heterocycles. The molecular weight excluding hydrogens is 204 g/mol. The van der Waals surface area contributed by atoms with Gasteiger partial charge in [-0.05, 0) is 37.6 Å². The third kappa shape index (κ3) is 2.02. The molecule has 15 heavy (non-hydrogen) atoms. The Morgan fingerprint density at radius 2 is 2.07 bits per heavy atom. The lowest BCUT2D eigenvalue weighted by molar-refractivity contribution is 1.24. The largest absolute Gasteiger partial charge is 0.373 e. The Morgan fingerprint density at radius 3 is 2.60 bits per heavy atom. The van der Waals surface area contributed by atoms with E-state index in [9.17, 15) is 0 Å². The molecule has 78 valence electrons. The van der Waals surface area contributed by atoms with E-state index in [2.05, 4.69) is 42.3 Å². The number of rotatable bonds is 2. The highest BCUT2D eigenvalue weighted by Gasteiger charge is 2.03. The summed E-state index contributed by atoms with van der Waals surface area (Å²) < 4.78 is 0. The highest BCUT2D eigenvalue weighted by Crippen LogP contribution is 2.28. The molecule has 1 N–H and O–H groups in total. The summed E-state index contributed by atoms with van der Waals surface area (Å²) in [7, 11) is 1.89. The number of aryl methyl sites for hydroxylation is 2. The highest BCUT2D eigenvalue weighted by molar-refractivity contribution is 7.15. The van der Waals surface area contributed by atoms with E-state index < -0.39 is 0 Å². The molecule has 0 fully saturated rings. The Kier molecular flexibility index (Phi) is 2.73. The first-order valence-corrected chi connectivity index (χ1v) is 5.73. The highest BCUT2D eigenvalue weighted by atomic mass is 32.1. The second-order valence-electron chi connectivity index (χ2n) is 3.55. The van der Waals surface area contributed by atoms with Crippen LogP contribution in [0, 0.1) is 13.8 Å². The summed E-state index contributed by atoms with van der Waals surface area (Å²) in [6.45, 7) is 4.19. The summed E-state index contributed by atoms with van der Waals surface area (Å²) in [6.07, 6.45) is 1.92. The van der Waals surface area contributed by atoms with Crippen molar-refractivity contribution >= 4 is 17.2 Å². The Balaban J connectivity index is 2.42. The molecule has 2 nitrogen and oxygen atoms in total. The van der Waals surface area contributed by atoms with Crippen LogP contribution in [-0.4, -0.2) is 12.0 Å². The van der Waals surface area contributed by atoms with Crippen LogP contribution >= 0.6 is 11.3 Å². The van der Waals surface area contributed by atoms with Gasteiger partial charge in [-0.15, -0.1) is 11.3 Å². The Morgan fingerprint density at radius 1 is 1.27 bits per heavy atom. The first-order valence-electron chi connectivity index (χ1n) is 4.92. The van der Waals surface area contributed by atoms with Crippen molar-refractivity contribution < 1.29 is 0 Å². The molecule has 0 spiro atoms. The zero-order valence-corrected chi connectivity index (χ0v) is 9.98. The molecular formula is C12H14N2S. The maximum absolute atomic E-state index is 4.38. The smallest absolute Gasteiger partial charge is 0.128 e. The van der Waals surface area contributed by atoms with Crippen molar-refractivity contribution in [3.05, 3.63) is 34.8 Å². The molecule has 2 aromatic rings. The van der Waals surface area contributed by atoms with Gasteiger partial charge in [0.25, 0.3) is 0 Å². The average molecular weight is 218 g/mol. The van der Waals surface area contributed by atoms with Crippen molar-refractivity contribution in [2.45, 2.75) is 13.8 Å². The van der Waals surface area contributed by atoms with Gasteiger partial charge in [-0.3, -0.25) is 0 Å². The lowest BCUT2D eigenvalue weighted by Crippen LogP contribution is -1.95. The van der Waals surface area contributed by atoms with Crippen LogP contribution < -0.4 is 5.32 Å². The molecule has 0 amide bonds. The molecule has 2 heterocycles. The number of hydrogen-bond acceptors (Lipinski definition) is 3. The quantitative estimate of drug-likeness (QED) is 0.835. The minimum atomic E-state index is 0.951. The van der Waals surface area contributed by atoms with Crippen molar-refractivity contribution in [3.8, 4) is 10.4 Å². The minimum Gasteiger partial charge on any atom is -0.373 e. The Labute approximate surface area is 94.0 Å². The second kappa shape index (κ2) is 4.03. The minimum absolute atomic E-state index is 0.951. The fraction of sp³-hybridized carbons (Fsp3) is 0.250. The monoisotopic (exact) mass is 218 g/mol. The van der Waals surface area contributed by atoms with Gasteiger partial charge in [0.2, 0.25) is 0 Å². The SMILES string of the molecule is CNc1ncc(-c2ccc(C)s2)cc1C. The van der Waals surface area contributed by atoms with E-state index in [0.717, 1.165) is 5.82 Å². The number of nitrogens with one attached hydrogen (secondary N) is 1. The van der Waals surface area contributed by atoms with E-state index in [1.807, 2.05) is 13.2 Å². The number of hydrogen-bond donors (Lipinski definition) is 1. The maximum Gasteiger partial charge on any atom is 0.128 e. The van der Waals surface area contributed by atoms with Crippen molar-refractivity contribution in [1.82, 2.24) is 4.98 Å². The molecule has 3 heteroatoms. The van der Waals surface area contributed by atoms with E-state index in [0.29, 0.717) is 0 Å². The second-order valence-corrected chi connectivity index (χ2v) is 4.84. The van der Waals surface area contributed by atoms with Gasteiger partial charge >= 0.3 is 0 Å². The number of thiophene rings is 1. The van der Waals surface area contributed by atoms with Crippen LogP contribution in [-0.2, 0) is 0 Å². The van der Waals surface area contributed by atoms with Crippen molar-refractivity contribution in [2.24, 2.45) is 0 Å². The molecule has 0 aromatic carbocycles. The van der Waals surface area contributed by atoms with Crippen molar-refractivity contribution in [3.63, 3.8) is 0 Å². The molecule has 2 aromatic heterocycles. The first-order chi connectivity index (χ1) is 7.20. The Bertz CT molecular complexity index is 474. The standard InChI is InChI=1S/C12H14N2S/c1-8-6-10(7-14-12(8)13-3)11-5-4-9(2)15-11/h4-7H,1-3H3,(H,13,14). The fourth-order valence-corrected chi connectivity index (χ4v) is 2.41. The molecule has 0 aliphatic carbocycles. The summed E-state index contributed by atoms with van der Waals surface area (Å²) in [6, 6.07) is 6.46. The zero-order valence-electron chi connectivity index (χ0n) is 9.16. The third-order valence-electron chi connectivity index (χ3n) is 2.34. The van der Waals surface area contributed by atoms with Crippen LogP contribution in [0.4, 0.5) is 5.82 Å². The van der Waals surface area contributed by atoms with E-state index >= 15 is 0 Å². The summed E-state index contributed by atoms with van der Waals surface area (Å²) >= 11 is 1.80. The van der Waals surface area contributed by atoms with Crippen LogP contribution in [0.3, 0.4) is 0 Å². The van der Waals surface area contributed by atoms with Crippen LogP contribution in [0.5, 0.6) is 0 Å². The van der Waals surface area contributed by atoms with E-state index in [-0.39, 0.29) is 0 Å². The topological polar surface area (TPSA) is 24.9 Å². The molecule has 0 aliphatic rings.